The predicted octanol–water partition coefficient (Wildman–Crippen LogP) is 1.21. The number of piperidine rings is 1. The third-order valence-electron chi connectivity index (χ3n) is 5.98. The second-order valence-electron chi connectivity index (χ2n) is 8.15. The summed E-state index contributed by atoms with van der Waals surface area (Å²) in [7, 11) is 1.61. The standard InChI is InChI=1S/C22H32N4O4/c1-30-13-10-24-20(27)6-5-17-7-11-25(12-8-17)22(29)18-14-21(28)26(15-18)16-19-4-2-3-9-23-19/h2-4,9,17-18H,5-8,10-16H2,1H3,(H,24,27)/t18-/m0/s1. The maximum absolute atomic E-state index is 12.9. The van der Waals surface area contributed by atoms with Gasteiger partial charge in [-0.2, -0.15) is 0 Å². The van der Waals surface area contributed by atoms with Crippen LogP contribution in [0.15, 0.2) is 24.4 Å². The van der Waals surface area contributed by atoms with Crippen LogP contribution in [0, 0.1) is 11.8 Å². The van der Waals surface area contributed by atoms with E-state index >= 15 is 0 Å². The molecule has 0 radical (unpaired) electrons. The molecule has 30 heavy (non-hydrogen) atoms. The average Bonchev–Trinajstić information content (AvgIpc) is 3.13. The SMILES string of the molecule is COCCNC(=O)CCC1CCN(C(=O)[C@H]2CC(=O)N(Cc3ccccn3)C2)CC1. The zero-order chi connectivity index (χ0) is 21.3. The number of aromatic nitrogens is 1. The van der Waals surface area contributed by atoms with Crippen LogP contribution in [0.2, 0.25) is 0 Å². The number of hydrogen-bond donors (Lipinski definition) is 1. The Morgan fingerprint density at radius 2 is 2.07 bits per heavy atom. The van der Waals surface area contributed by atoms with Gasteiger partial charge in [0.1, 0.15) is 0 Å². The number of methoxy groups -OCH3 is 1. The first-order valence-electron chi connectivity index (χ1n) is 10.8. The topological polar surface area (TPSA) is 91.8 Å². The van der Waals surface area contributed by atoms with Gasteiger partial charge in [0.25, 0.3) is 0 Å². The van der Waals surface area contributed by atoms with Crippen LogP contribution in [-0.4, -0.2) is 72.4 Å². The van der Waals surface area contributed by atoms with Crippen molar-refractivity contribution in [2.24, 2.45) is 11.8 Å². The van der Waals surface area contributed by atoms with E-state index in [0.29, 0.717) is 51.7 Å². The molecule has 2 saturated heterocycles. The summed E-state index contributed by atoms with van der Waals surface area (Å²) in [5.74, 6) is 0.372. The number of carbonyl (C=O) groups is 3. The summed E-state index contributed by atoms with van der Waals surface area (Å²) in [4.78, 5) is 45.0. The largest absolute Gasteiger partial charge is 0.383 e. The Labute approximate surface area is 178 Å². The Kier molecular flexibility index (Phi) is 8.19. The molecule has 2 aliphatic rings. The number of amides is 3. The van der Waals surface area contributed by atoms with Crippen LogP contribution in [0.4, 0.5) is 0 Å². The molecule has 0 spiro atoms. The summed E-state index contributed by atoms with van der Waals surface area (Å²) in [6, 6.07) is 5.64. The van der Waals surface area contributed by atoms with E-state index < -0.39 is 0 Å². The zero-order valence-electron chi connectivity index (χ0n) is 17.7. The van der Waals surface area contributed by atoms with Crippen molar-refractivity contribution in [3.63, 3.8) is 0 Å². The molecule has 3 amide bonds. The van der Waals surface area contributed by atoms with Gasteiger partial charge in [0.15, 0.2) is 0 Å². The van der Waals surface area contributed by atoms with Gasteiger partial charge in [0, 0.05) is 52.3 Å². The first kappa shape index (κ1) is 22.2. The van der Waals surface area contributed by atoms with Gasteiger partial charge in [-0.1, -0.05) is 6.07 Å². The first-order chi connectivity index (χ1) is 14.6. The van der Waals surface area contributed by atoms with E-state index in [1.807, 2.05) is 23.1 Å². The lowest BCUT2D eigenvalue weighted by atomic mass is 9.91. The van der Waals surface area contributed by atoms with E-state index in [4.69, 9.17) is 4.74 Å². The molecule has 8 nitrogen and oxygen atoms in total. The Morgan fingerprint density at radius 3 is 2.77 bits per heavy atom. The summed E-state index contributed by atoms with van der Waals surface area (Å²) in [6.07, 6.45) is 5.19. The van der Waals surface area contributed by atoms with Gasteiger partial charge in [-0.25, -0.2) is 0 Å². The molecule has 2 aliphatic heterocycles. The second kappa shape index (κ2) is 11.1. The number of carbonyl (C=O) groups excluding carboxylic acids is 3. The molecule has 1 N–H and O–H groups in total. The third-order valence-corrected chi connectivity index (χ3v) is 5.98. The van der Waals surface area contributed by atoms with Crippen molar-refractivity contribution in [2.45, 2.75) is 38.6 Å². The Balaban J connectivity index is 1.39. The third kappa shape index (κ3) is 6.26. The number of pyridine rings is 1. The van der Waals surface area contributed by atoms with E-state index in [0.717, 1.165) is 25.0 Å². The van der Waals surface area contributed by atoms with Crippen LogP contribution in [-0.2, 0) is 25.7 Å². The molecular formula is C22H32N4O4. The predicted molar refractivity (Wildman–Crippen MR) is 111 cm³/mol. The van der Waals surface area contributed by atoms with Gasteiger partial charge in [-0.3, -0.25) is 19.4 Å². The number of ether oxygens (including phenoxy) is 1. The quantitative estimate of drug-likeness (QED) is 0.611. The van der Waals surface area contributed by atoms with Crippen molar-refractivity contribution in [3.05, 3.63) is 30.1 Å². The van der Waals surface area contributed by atoms with Crippen molar-refractivity contribution < 1.29 is 19.1 Å². The molecule has 2 fully saturated rings. The van der Waals surface area contributed by atoms with Crippen molar-refractivity contribution in [1.82, 2.24) is 20.1 Å². The second-order valence-corrected chi connectivity index (χ2v) is 8.15. The molecule has 1 aromatic rings. The molecule has 0 aliphatic carbocycles. The van der Waals surface area contributed by atoms with E-state index in [-0.39, 0.29) is 30.1 Å². The lowest BCUT2D eigenvalue weighted by Crippen LogP contribution is -2.42. The Hall–Kier alpha value is -2.48. The first-order valence-corrected chi connectivity index (χ1v) is 10.8. The summed E-state index contributed by atoms with van der Waals surface area (Å²) < 4.78 is 4.93. The molecule has 0 bridgehead atoms. The number of nitrogens with one attached hydrogen (secondary N) is 1. The maximum Gasteiger partial charge on any atom is 0.227 e. The number of hydrogen-bond acceptors (Lipinski definition) is 5. The molecule has 1 aromatic heterocycles. The molecule has 1 atom stereocenters. The fourth-order valence-corrected chi connectivity index (χ4v) is 4.19. The van der Waals surface area contributed by atoms with E-state index in [1.165, 1.54) is 0 Å². The van der Waals surface area contributed by atoms with E-state index in [1.54, 1.807) is 18.2 Å². The molecule has 8 heteroatoms. The molecule has 0 aromatic carbocycles. The summed E-state index contributed by atoms with van der Waals surface area (Å²) in [5, 5.41) is 2.84. The van der Waals surface area contributed by atoms with E-state index in [9.17, 15) is 14.4 Å². The van der Waals surface area contributed by atoms with Crippen LogP contribution in [0.3, 0.4) is 0 Å². The van der Waals surface area contributed by atoms with Crippen LogP contribution in [0.5, 0.6) is 0 Å². The molecule has 3 rings (SSSR count). The lowest BCUT2D eigenvalue weighted by Gasteiger charge is -2.33. The highest BCUT2D eigenvalue weighted by molar-refractivity contribution is 5.89. The Bertz CT molecular complexity index is 719. The fourth-order valence-electron chi connectivity index (χ4n) is 4.19. The molecule has 0 unspecified atom stereocenters. The average molecular weight is 417 g/mol. The highest BCUT2D eigenvalue weighted by atomic mass is 16.5. The maximum atomic E-state index is 12.9. The van der Waals surface area contributed by atoms with Gasteiger partial charge in [0.2, 0.25) is 17.7 Å². The van der Waals surface area contributed by atoms with Crippen LogP contribution >= 0.6 is 0 Å². The lowest BCUT2D eigenvalue weighted by molar-refractivity contribution is -0.137. The van der Waals surface area contributed by atoms with Crippen LogP contribution < -0.4 is 5.32 Å². The van der Waals surface area contributed by atoms with Crippen LogP contribution in [0.25, 0.3) is 0 Å². The minimum Gasteiger partial charge on any atom is -0.383 e. The fraction of sp³-hybridized carbons (Fsp3) is 0.636. The number of rotatable bonds is 9. The number of likely N-dealkylation sites (tertiary alicyclic amines) is 2. The Morgan fingerprint density at radius 1 is 1.27 bits per heavy atom. The van der Waals surface area contributed by atoms with Crippen molar-refractivity contribution >= 4 is 17.7 Å². The van der Waals surface area contributed by atoms with Gasteiger partial charge in [-0.05, 0) is 37.3 Å². The molecule has 3 heterocycles. The van der Waals surface area contributed by atoms with Gasteiger partial charge in [0.05, 0.1) is 24.8 Å². The van der Waals surface area contributed by atoms with E-state index in [2.05, 4.69) is 10.3 Å². The summed E-state index contributed by atoms with van der Waals surface area (Å²) in [6.45, 7) is 3.40. The smallest absolute Gasteiger partial charge is 0.227 e. The monoisotopic (exact) mass is 416 g/mol. The molecule has 0 saturated carbocycles. The number of nitrogens with zero attached hydrogens (tertiary/aromatic N) is 3. The normalized spacial score (nSPS) is 19.9. The minimum absolute atomic E-state index is 0.0216. The highest BCUT2D eigenvalue weighted by Gasteiger charge is 2.37. The minimum atomic E-state index is -0.260. The van der Waals surface area contributed by atoms with Gasteiger partial charge >= 0.3 is 0 Å². The van der Waals surface area contributed by atoms with Crippen molar-refractivity contribution in [2.75, 3.05) is 39.9 Å². The van der Waals surface area contributed by atoms with Crippen molar-refractivity contribution in [1.29, 1.82) is 0 Å². The van der Waals surface area contributed by atoms with Crippen LogP contribution in [0.1, 0.15) is 37.8 Å². The molecule has 164 valence electrons. The highest BCUT2D eigenvalue weighted by Crippen LogP contribution is 2.26. The van der Waals surface area contributed by atoms with Crippen molar-refractivity contribution in [3.8, 4) is 0 Å². The van der Waals surface area contributed by atoms with Gasteiger partial charge < -0.3 is 19.9 Å². The molecular weight excluding hydrogens is 384 g/mol. The summed E-state index contributed by atoms with van der Waals surface area (Å²) >= 11 is 0. The summed E-state index contributed by atoms with van der Waals surface area (Å²) in [5.41, 5.74) is 0.839. The zero-order valence-corrected chi connectivity index (χ0v) is 17.7. The van der Waals surface area contributed by atoms with Gasteiger partial charge in [-0.15, -0.1) is 0 Å².